The van der Waals surface area contributed by atoms with Crippen LogP contribution in [0.5, 0.6) is 0 Å². The van der Waals surface area contributed by atoms with Gasteiger partial charge < -0.3 is 4.42 Å². The van der Waals surface area contributed by atoms with Crippen LogP contribution >= 0.6 is 0 Å². The first-order valence-corrected chi connectivity index (χ1v) is 5.22. The Kier molecular flexibility index (Phi) is 2.64. The van der Waals surface area contributed by atoms with E-state index in [9.17, 15) is 9.59 Å². The fraction of sp³-hybridized carbons (Fsp3) is 0.333. The summed E-state index contributed by atoms with van der Waals surface area (Å²) in [6, 6.07) is 0. The second kappa shape index (κ2) is 3.96. The van der Waals surface area contributed by atoms with Gasteiger partial charge >= 0.3 is 5.76 Å². The highest BCUT2D eigenvalue weighted by Gasteiger charge is 2.29. The molecule has 2 rings (SSSR count). The van der Waals surface area contributed by atoms with Gasteiger partial charge in [0, 0.05) is 5.92 Å². The molecular formula is C12H13NO3. The first kappa shape index (κ1) is 10.7. The van der Waals surface area contributed by atoms with Gasteiger partial charge in [-0.3, -0.25) is 9.78 Å². The van der Waals surface area contributed by atoms with Crippen molar-refractivity contribution in [2.75, 3.05) is 0 Å². The van der Waals surface area contributed by atoms with Crippen LogP contribution < -0.4 is 11.3 Å². The predicted octanol–water partition coefficient (Wildman–Crippen LogP) is 1.49. The van der Waals surface area contributed by atoms with Gasteiger partial charge in [-0.1, -0.05) is 18.7 Å². The zero-order valence-electron chi connectivity index (χ0n) is 9.08. The molecule has 1 aliphatic rings. The Morgan fingerprint density at radius 2 is 2.31 bits per heavy atom. The molecule has 1 aromatic heterocycles. The van der Waals surface area contributed by atoms with Crippen molar-refractivity contribution in [2.45, 2.75) is 25.7 Å². The quantitative estimate of drug-likeness (QED) is 0.766. The second-order valence-corrected chi connectivity index (χ2v) is 3.77. The van der Waals surface area contributed by atoms with E-state index in [1.54, 1.807) is 6.08 Å². The van der Waals surface area contributed by atoms with Crippen molar-refractivity contribution < 1.29 is 4.42 Å². The van der Waals surface area contributed by atoms with Crippen LogP contribution in [0.3, 0.4) is 0 Å². The summed E-state index contributed by atoms with van der Waals surface area (Å²) in [5.41, 5.74) is 1.26. The molecule has 1 aromatic rings. The maximum Gasteiger partial charge on any atom is 0.419 e. The van der Waals surface area contributed by atoms with Crippen LogP contribution in [0.1, 0.15) is 30.6 Å². The van der Waals surface area contributed by atoms with E-state index in [2.05, 4.69) is 11.6 Å². The number of H-pyrrole nitrogens is 1. The number of hydrogen-bond acceptors (Lipinski definition) is 3. The average molecular weight is 219 g/mol. The monoisotopic (exact) mass is 219 g/mol. The van der Waals surface area contributed by atoms with Crippen molar-refractivity contribution in [2.24, 2.45) is 0 Å². The van der Waals surface area contributed by atoms with Gasteiger partial charge in [-0.05, 0) is 25.3 Å². The minimum absolute atomic E-state index is 0.00694. The molecular weight excluding hydrogens is 206 g/mol. The van der Waals surface area contributed by atoms with Crippen LogP contribution in [0.15, 0.2) is 38.3 Å². The number of allylic oxidation sites excluding steroid dienone is 3. The van der Waals surface area contributed by atoms with Gasteiger partial charge in [-0.2, -0.15) is 0 Å². The average Bonchev–Trinajstić information content (AvgIpc) is 2.64. The van der Waals surface area contributed by atoms with Crippen molar-refractivity contribution in [3.8, 4) is 0 Å². The van der Waals surface area contributed by atoms with E-state index < -0.39 is 5.76 Å². The third-order valence-corrected chi connectivity index (χ3v) is 2.96. The van der Waals surface area contributed by atoms with Crippen molar-refractivity contribution in [1.82, 2.24) is 4.98 Å². The lowest BCUT2D eigenvalue weighted by molar-refractivity contribution is 0.425. The van der Waals surface area contributed by atoms with Crippen LogP contribution in [0.25, 0.3) is 0 Å². The lowest BCUT2D eigenvalue weighted by Crippen LogP contribution is -2.22. The Morgan fingerprint density at radius 3 is 2.94 bits per heavy atom. The van der Waals surface area contributed by atoms with Gasteiger partial charge in [0.15, 0.2) is 0 Å². The number of nitrogens with one attached hydrogen (secondary N) is 1. The third kappa shape index (κ3) is 1.56. The maximum atomic E-state index is 11.5. The van der Waals surface area contributed by atoms with Gasteiger partial charge in [0.1, 0.15) is 5.76 Å². The summed E-state index contributed by atoms with van der Waals surface area (Å²) in [5.74, 6) is -0.190. The van der Waals surface area contributed by atoms with Crippen molar-refractivity contribution in [3.63, 3.8) is 0 Å². The SMILES string of the molecule is C=C/C(=C\C)C1CCc2c1oc(=O)[nH]c2=O. The molecule has 0 aromatic carbocycles. The molecule has 0 aliphatic heterocycles. The summed E-state index contributed by atoms with van der Waals surface area (Å²) in [5, 5.41) is 0. The summed E-state index contributed by atoms with van der Waals surface area (Å²) >= 11 is 0. The molecule has 0 amide bonds. The number of rotatable bonds is 2. The lowest BCUT2D eigenvalue weighted by atomic mass is 9.97. The summed E-state index contributed by atoms with van der Waals surface area (Å²) in [6.45, 7) is 5.62. The van der Waals surface area contributed by atoms with E-state index >= 15 is 0 Å². The first-order valence-electron chi connectivity index (χ1n) is 5.22. The molecule has 0 bridgehead atoms. The van der Waals surface area contributed by atoms with Crippen LogP contribution in [-0.2, 0) is 6.42 Å². The Bertz CT molecular complexity index is 562. The molecule has 1 aliphatic carbocycles. The predicted molar refractivity (Wildman–Crippen MR) is 60.6 cm³/mol. The molecule has 1 N–H and O–H groups in total. The smallest absolute Gasteiger partial charge is 0.413 e. The van der Waals surface area contributed by atoms with E-state index in [-0.39, 0.29) is 11.5 Å². The molecule has 1 heterocycles. The van der Waals surface area contributed by atoms with Gasteiger partial charge in [0.05, 0.1) is 5.56 Å². The summed E-state index contributed by atoms with van der Waals surface area (Å²) in [6.07, 6.45) is 5.09. The van der Waals surface area contributed by atoms with Crippen molar-refractivity contribution in [1.29, 1.82) is 0 Å². The van der Waals surface area contributed by atoms with Crippen LogP contribution in [0.4, 0.5) is 0 Å². The highest BCUT2D eigenvalue weighted by Crippen LogP contribution is 2.36. The van der Waals surface area contributed by atoms with Gasteiger partial charge in [0.25, 0.3) is 5.56 Å². The third-order valence-electron chi connectivity index (χ3n) is 2.96. The van der Waals surface area contributed by atoms with Crippen LogP contribution in [-0.4, -0.2) is 4.98 Å². The van der Waals surface area contributed by atoms with Crippen LogP contribution in [0, 0.1) is 0 Å². The molecule has 0 fully saturated rings. The molecule has 1 unspecified atom stereocenters. The van der Waals surface area contributed by atoms with Gasteiger partial charge in [0.2, 0.25) is 0 Å². The molecule has 16 heavy (non-hydrogen) atoms. The number of aromatic nitrogens is 1. The van der Waals surface area contributed by atoms with Gasteiger partial charge in [-0.15, -0.1) is 0 Å². The molecule has 84 valence electrons. The Hall–Kier alpha value is -1.84. The lowest BCUT2D eigenvalue weighted by Gasteiger charge is -2.09. The Labute approximate surface area is 92.3 Å². The van der Waals surface area contributed by atoms with E-state index in [1.165, 1.54) is 0 Å². The number of hydrogen-bond donors (Lipinski definition) is 1. The molecule has 4 heteroatoms. The standard InChI is InChI=1S/C12H13NO3/c1-3-7(4-2)8-5-6-9-10(8)16-12(15)13-11(9)14/h3-4,8H,1,5-6H2,2H3,(H,13,14,15)/b7-4+. The fourth-order valence-electron chi connectivity index (χ4n) is 2.18. The molecule has 1 atom stereocenters. The summed E-state index contributed by atoms with van der Waals surface area (Å²) in [7, 11) is 0. The fourth-order valence-corrected chi connectivity index (χ4v) is 2.18. The first-order chi connectivity index (χ1) is 7.67. The maximum absolute atomic E-state index is 11.5. The van der Waals surface area contributed by atoms with Crippen molar-refractivity contribution in [3.05, 3.63) is 56.5 Å². The highest BCUT2D eigenvalue weighted by molar-refractivity contribution is 5.36. The number of fused-ring (bicyclic) bond motifs is 1. The molecule has 0 radical (unpaired) electrons. The second-order valence-electron chi connectivity index (χ2n) is 3.77. The minimum atomic E-state index is -0.685. The van der Waals surface area contributed by atoms with E-state index in [0.717, 1.165) is 12.0 Å². The largest absolute Gasteiger partial charge is 0.419 e. The van der Waals surface area contributed by atoms with E-state index in [1.807, 2.05) is 13.0 Å². The summed E-state index contributed by atoms with van der Waals surface area (Å²) in [4.78, 5) is 24.8. The topological polar surface area (TPSA) is 63.1 Å². The summed E-state index contributed by atoms with van der Waals surface area (Å²) < 4.78 is 5.10. The zero-order chi connectivity index (χ0) is 11.7. The Morgan fingerprint density at radius 1 is 1.56 bits per heavy atom. The highest BCUT2D eigenvalue weighted by atomic mass is 16.4. The zero-order valence-corrected chi connectivity index (χ0v) is 9.08. The van der Waals surface area contributed by atoms with Crippen molar-refractivity contribution >= 4 is 0 Å². The van der Waals surface area contributed by atoms with E-state index in [4.69, 9.17) is 4.42 Å². The molecule has 0 saturated carbocycles. The molecule has 0 spiro atoms. The molecule has 4 nitrogen and oxygen atoms in total. The van der Waals surface area contributed by atoms with Crippen LogP contribution in [0.2, 0.25) is 0 Å². The van der Waals surface area contributed by atoms with Gasteiger partial charge in [-0.25, -0.2) is 4.79 Å². The molecule has 0 saturated heterocycles. The normalized spacial score (nSPS) is 19.6. The minimum Gasteiger partial charge on any atom is -0.413 e. The Balaban J connectivity index is 2.59. The number of aromatic amines is 1. The van der Waals surface area contributed by atoms with E-state index in [0.29, 0.717) is 17.7 Å².